The molecule has 10 heavy (non-hydrogen) atoms. The van der Waals surface area contributed by atoms with Crippen molar-refractivity contribution in [2.75, 3.05) is 6.26 Å². The summed E-state index contributed by atoms with van der Waals surface area (Å²) in [6, 6.07) is 0. The Morgan fingerprint density at radius 1 is 1.50 bits per heavy atom. The van der Waals surface area contributed by atoms with Crippen LogP contribution in [0.15, 0.2) is 12.7 Å². The lowest BCUT2D eigenvalue weighted by atomic mass is 10.5. The smallest absolute Gasteiger partial charge is 0.0591 e. The molecule has 0 aromatic heterocycles. The van der Waals surface area contributed by atoms with Gasteiger partial charge in [-0.1, -0.05) is 25.7 Å². The van der Waals surface area contributed by atoms with Crippen molar-refractivity contribution < 1.29 is 0 Å². The lowest BCUT2D eigenvalue weighted by Gasteiger charge is -2.25. The van der Waals surface area contributed by atoms with Crippen molar-refractivity contribution in [3.8, 4) is 0 Å². The molecular weight excluding hydrogens is 156 g/mol. The van der Waals surface area contributed by atoms with Crippen LogP contribution >= 0.6 is 11.8 Å². The van der Waals surface area contributed by atoms with E-state index in [9.17, 15) is 0 Å². The first-order valence-corrected chi connectivity index (χ1v) is 8.52. The molecule has 0 amide bonds. The largest absolute Gasteiger partial charge is 0.165 e. The fourth-order valence-corrected chi connectivity index (χ4v) is 4.99. The van der Waals surface area contributed by atoms with Gasteiger partial charge in [0.25, 0.3) is 0 Å². The third-order valence-corrected chi connectivity index (χ3v) is 7.39. The number of allylic oxidation sites excluding steroid dienone is 1. The topological polar surface area (TPSA) is 0 Å². The van der Waals surface area contributed by atoms with E-state index in [1.807, 2.05) is 17.8 Å². The maximum Gasteiger partial charge on any atom is 0.0591 e. The maximum absolute atomic E-state index is 3.77. The molecule has 0 aliphatic rings. The first kappa shape index (κ1) is 10.3. The molecule has 0 aromatic rings. The second kappa shape index (κ2) is 4.24. The van der Waals surface area contributed by atoms with Crippen LogP contribution in [0.3, 0.4) is 0 Å². The van der Waals surface area contributed by atoms with E-state index < -0.39 is 8.07 Å². The molecule has 0 aromatic carbocycles. The third kappa shape index (κ3) is 3.47. The summed E-state index contributed by atoms with van der Waals surface area (Å²) in [5.41, 5.74) is 0. The van der Waals surface area contributed by atoms with Crippen LogP contribution in [0.4, 0.5) is 0 Å². The molecule has 0 saturated carbocycles. The van der Waals surface area contributed by atoms with Crippen molar-refractivity contribution >= 4 is 19.8 Å². The first-order valence-electron chi connectivity index (χ1n) is 3.66. The van der Waals surface area contributed by atoms with Crippen LogP contribution in [0.5, 0.6) is 0 Å². The highest BCUT2D eigenvalue weighted by Gasteiger charge is 2.23. The van der Waals surface area contributed by atoms with Gasteiger partial charge in [0.05, 0.1) is 8.07 Å². The van der Waals surface area contributed by atoms with Gasteiger partial charge in [0.2, 0.25) is 0 Å². The van der Waals surface area contributed by atoms with Crippen LogP contribution < -0.4 is 0 Å². The van der Waals surface area contributed by atoms with Crippen LogP contribution in [0, 0.1) is 0 Å². The molecule has 60 valence electrons. The standard InChI is InChI=1S/C8H18SSi/c1-6-7-8(9-2)10(3,4)5/h6,8H,1,7H2,2-5H3. The monoisotopic (exact) mass is 174 g/mol. The molecule has 0 N–H and O–H groups in total. The highest BCUT2D eigenvalue weighted by atomic mass is 32.2. The molecule has 0 aliphatic carbocycles. The van der Waals surface area contributed by atoms with E-state index >= 15 is 0 Å². The summed E-state index contributed by atoms with van der Waals surface area (Å²) >= 11 is 1.99. The second-order valence-electron chi connectivity index (χ2n) is 3.61. The molecule has 0 bridgehead atoms. The number of thioether (sulfide) groups is 1. The van der Waals surface area contributed by atoms with Crippen LogP contribution in [0.25, 0.3) is 0 Å². The van der Waals surface area contributed by atoms with E-state index in [0.29, 0.717) is 0 Å². The molecule has 0 rings (SSSR count). The van der Waals surface area contributed by atoms with E-state index in [1.165, 1.54) is 6.42 Å². The SMILES string of the molecule is C=CCC(SC)[Si](C)(C)C. The van der Waals surface area contributed by atoms with Crippen molar-refractivity contribution in [3.63, 3.8) is 0 Å². The summed E-state index contributed by atoms with van der Waals surface area (Å²) in [7, 11) is -0.916. The molecule has 2 heteroatoms. The molecule has 1 unspecified atom stereocenters. The van der Waals surface area contributed by atoms with Crippen LogP contribution in [0.2, 0.25) is 19.6 Å². The predicted molar refractivity (Wildman–Crippen MR) is 55.5 cm³/mol. The van der Waals surface area contributed by atoms with Gasteiger partial charge < -0.3 is 0 Å². The van der Waals surface area contributed by atoms with Crippen LogP contribution in [-0.2, 0) is 0 Å². The van der Waals surface area contributed by atoms with Gasteiger partial charge in [0.1, 0.15) is 0 Å². The zero-order valence-corrected chi connectivity index (χ0v) is 9.29. The van der Waals surface area contributed by atoms with Crippen molar-refractivity contribution in [3.05, 3.63) is 12.7 Å². The van der Waals surface area contributed by atoms with Gasteiger partial charge >= 0.3 is 0 Å². The van der Waals surface area contributed by atoms with E-state index in [4.69, 9.17) is 0 Å². The Morgan fingerprint density at radius 2 is 2.00 bits per heavy atom. The lowest BCUT2D eigenvalue weighted by Crippen LogP contribution is -2.34. The number of hydrogen-bond donors (Lipinski definition) is 0. The molecule has 0 radical (unpaired) electrons. The fourth-order valence-electron chi connectivity index (χ4n) is 0.955. The summed E-state index contributed by atoms with van der Waals surface area (Å²) in [5.74, 6) is 0. The van der Waals surface area contributed by atoms with Crippen LogP contribution in [0.1, 0.15) is 6.42 Å². The minimum Gasteiger partial charge on any atom is -0.165 e. The molecule has 0 saturated heterocycles. The summed E-state index contributed by atoms with van der Waals surface area (Å²) in [6.45, 7) is 11.0. The van der Waals surface area contributed by atoms with Gasteiger partial charge in [-0.2, -0.15) is 11.8 Å². The number of rotatable bonds is 4. The summed E-state index contributed by atoms with van der Waals surface area (Å²) in [6.07, 6.45) is 5.42. The van der Waals surface area contributed by atoms with Crippen molar-refractivity contribution in [1.82, 2.24) is 0 Å². The normalized spacial score (nSPS) is 14.8. The molecule has 0 heterocycles. The molecular formula is C8H18SSi. The minimum atomic E-state index is -0.916. The minimum absolute atomic E-state index is 0.852. The van der Waals surface area contributed by atoms with Gasteiger partial charge in [-0.25, -0.2) is 0 Å². The van der Waals surface area contributed by atoms with E-state index in [-0.39, 0.29) is 0 Å². The van der Waals surface area contributed by atoms with E-state index in [2.05, 4.69) is 32.5 Å². The Balaban J connectivity index is 3.92. The van der Waals surface area contributed by atoms with Crippen LogP contribution in [-0.4, -0.2) is 19.2 Å². The van der Waals surface area contributed by atoms with Gasteiger partial charge in [-0.05, 0) is 12.7 Å². The molecule has 1 atom stereocenters. The van der Waals surface area contributed by atoms with Gasteiger partial charge in [0, 0.05) is 4.87 Å². The molecule has 0 spiro atoms. The van der Waals surface area contributed by atoms with E-state index in [0.717, 1.165) is 4.87 Å². The highest BCUT2D eigenvalue weighted by Crippen LogP contribution is 2.22. The Morgan fingerprint density at radius 3 is 2.10 bits per heavy atom. The summed E-state index contributed by atoms with van der Waals surface area (Å²) < 4.78 is 0. The molecule has 0 fully saturated rings. The Hall–Kier alpha value is 0.307. The zero-order valence-electron chi connectivity index (χ0n) is 7.48. The van der Waals surface area contributed by atoms with Crippen molar-refractivity contribution in [2.24, 2.45) is 0 Å². The third-order valence-electron chi connectivity index (χ3n) is 1.63. The predicted octanol–water partition coefficient (Wildman–Crippen LogP) is 3.17. The second-order valence-corrected chi connectivity index (χ2v) is 10.5. The first-order chi connectivity index (χ1) is 4.52. The summed E-state index contributed by atoms with van der Waals surface area (Å²) in [4.78, 5) is 0.852. The molecule has 0 nitrogen and oxygen atoms in total. The Bertz CT molecular complexity index is 104. The summed E-state index contributed by atoms with van der Waals surface area (Å²) in [5, 5.41) is 0. The quantitative estimate of drug-likeness (QED) is 0.466. The maximum atomic E-state index is 3.77. The van der Waals surface area contributed by atoms with Gasteiger partial charge in [0.15, 0.2) is 0 Å². The van der Waals surface area contributed by atoms with Crippen molar-refractivity contribution in [2.45, 2.75) is 30.9 Å². The Labute approximate surface area is 70.1 Å². The fraction of sp³-hybridized carbons (Fsp3) is 0.750. The highest BCUT2D eigenvalue weighted by molar-refractivity contribution is 8.00. The number of hydrogen-bond acceptors (Lipinski definition) is 1. The van der Waals surface area contributed by atoms with Gasteiger partial charge in [-0.15, -0.1) is 6.58 Å². The van der Waals surface area contributed by atoms with E-state index in [1.54, 1.807) is 0 Å². The van der Waals surface area contributed by atoms with Gasteiger partial charge in [-0.3, -0.25) is 0 Å². The average Bonchev–Trinajstić information content (AvgIpc) is 1.80. The van der Waals surface area contributed by atoms with Crippen molar-refractivity contribution in [1.29, 1.82) is 0 Å². The lowest BCUT2D eigenvalue weighted by molar-refractivity contribution is 1.12. The zero-order chi connectivity index (χ0) is 8.20. The average molecular weight is 174 g/mol. The Kier molecular flexibility index (Phi) is 4.37. The molecule has 0 aliphatic heterocycles.